The lowest BCUT2D eigenvalue weighted by Crippen LogP contribution is -2.45. The van der Waals surface area contributed by atoms with Gasteiger partial charge in [0.2, 0.25) is 5.91 Å². The van der Waals surface area contributed by atoms with Gasteiger partial charge in [0.15, 0.2) is 0 Å². The third-order valence-corrected chi connectivity index (χ3v) is 4.65. The van der Waals surface area contributed by atoms with Crippen molar-refractivity contribution >= 4 is 17.6 Å². The molecule has 3 rings (SSSR count). The molecule has 2 heterocycles. The largest absolute Gasteiger partial charge is 0.480 e. The smallest absolute Gasteiger partial charge is 0.320 e. The fraction of sp³-hybridized carbons (Fsp3) is 0.529. The van der Waals surface area contributed by atoms with Crippen molar-refractivity contribution in [1.29, 1.82) is 0 Å². The molecular formula is C17H23N3O3. The Morgan fingerprint density at radius 2 is 2.04 bits per heavy atom. The Kier molecular flexibility index (Phi) is 4.81. The first-order valence-electron chi connectivity index (χ1n) is 8.24. The van der Waals surface area contributed by atoms with Crippen LogP contribution in [0.3, 0.4) is 0 Å². The fourth-order valence-electron chi connectivity index (χ4n) is 3.39. The number of para-hydroxylation sites is 1. The minimum absolute atomic E-state index is 0.0874. The number of hydrogen-bond acceptors (Lipinski definition) is 4. The van der Waals surface area contributed by atoms with E-state index in [1.807, 2.05) is 0 Å². The summed E-state index contributed by atoms with van der Waals surface area (Å²) in [5, 5.41) is 14.7. The summed E-state index contributed by atoms with van der Waals surface area (Å²) in [5.74, 6) is -0.969. The van der Waals surface area contributed by atoms with Crippen LogP contribution in [0, 0.1) is 0 Å². The topological polar surface area (TPSA) is 81.7 Å². The van der Waals surface area contributed by atoms with Gasteiger partial charge in [-0.25, -0.2) is 0 Å². The Labute approximate surface area is 135 Å². The normalized spacial score (nSPS) is 22.9. The molecule has 0 aliphatic carbocycles. The average Bonchev–Trinajstić information content (AvgIpc) is 3.19. The molecule has 3 N–H and O–H groups in total. The van der Waals surface area contributed by atoms with E-state index in [2.05, 4.69) is 39.8 Å². The van der Waals surface area contributed by atoms with Crippen molar-refractivity contribution in [2.75, 3.05) is 24.5 Å². The molecule has 124 valence electrons. The van der Waals surface area contributed by atoms with E-state index >= 15 is 0 Å². The summed E-state index contributed by atoms with van der Waals surface area (Å²) in [6, 6.07) is 7.48. The zero-order valence-electron chi connectivity index (χ0n) is 13.1. The van der Waals surface area contributed by atoms with E-state index in [9.17, 15) is 9.59 Å². The lowest BCUT2D eigenvalue weighted by molar-refractivity contribution is -0.139. The lowest BCUT2D eigenvalue weighted by atomic mass is 10.2. The first-order chi connectivity index (χ1) is 11.1. The van der Waals surface area contributed by atoms with Crippen LogP contribution < -0.4 is 15.5 Å². The molecule has 2 aliphatic rings. The monoisotopic (exact) mass is 317 g/mol. The molecule has 0 radical (unpaired) electrons. The minimum Gasteiger partial charge on any atom is -0.480 e. The van der Waals surface area contributed by atoms with Crippen molar-refractivity contribution < 1.29 is 14.7 Å². The number of hydrogen-bond donors (Lipinski definition) is 3. The lowest BCUT2D eigenvalue weighted by Gasteiger charge is -2.19. The zero-order chi connectivity index (χ0) is 16.2. The Balaban J connectivity index is 1.38. The molecule has 1 saturated heterocycles. The maximum Gasteiger partial charge on any atom is 0.320 e. The summed E-state index contributed by atoms with van der Waals surface area (Å²) < 4.78 is 0. The Bertz CT molecular complexity index is 590. The predicted molar refractivity (Wildman–Crippen MR) is 87.6 cm³/mol. The van der Waals surface area contributed by atoms with Crippen LogP contribution in [0.4, 0.5) is 5.69 Å². The third kappa shape index (κ3) is 3.64. The first kappa shape index (κ1) is 15.8. The van der Waals surface area contributed by atoms with E-state index in [-0.39, 0.29) is 11.9 Å². The van der Waals surface area contributed by atoms with Crippen LogP contribution in [-0.2, 0) is 16.0 Å². The summed E-state index contributed by atoms with van der Waals surface area (Å²) in [6.45, 7) is 2.58. The average molecular weight is 317 g/mol. The SMILES string of the molecule is O=C(O)[C@@H]1CC[C@H](C(=O)NCCCN2CCc3ccccc32)N1. The number of rotatable bonds is 6. The van der Waals surface area contributed by atoms with Gasteiger partial charge in [0, 0.05) is 25.3 Å². The Morgan fingerprint density at radius 3 is 2.83 bits per heavy atom. The second kappa shape index (κ2) is 7.00. The predicted octanol–water partition coefficient (Wildman–Crippen LogP) is 0.761. The maximum absolute atomic E-state index is 12.0. The fourth-order valence-corrected chi connectivity index (χ4v) is 3.39. The van der Waals surface area contributed by atoms with Gasteiger partial charge in [0.1, 0.15) is 6.04 Å². The van der Waals surface area contributed by atoms with Crippen LogP contribution in [0.25, 0.3) is 0 Å². The maximum atomic E-state index is 12.0. The van der Waals surface area contributed by atoms with Crippen LogP contribution in [0.2, 0.25) is 0 Å². The highest BCUT2D eigenvalue weighted by atomic mass is 16.4. The molecule has 23 heavy (non-hydrogen) atoms. The molecule has 1 amide bonds. The second-order valence-electron chi connectivity index (χ2n) is 6.20. The number of nitrogens with one attached hydrogen (secondary N) is 2. The van der Waals surface area contributed by atoms with E-state index in [4.69, 9.17) is 5.11 Å². The van der Waals surface area contributed by atoms with Crippen molar-refractivity contribution in [3.05, 3.63) is 29.8 Å². The molecule has 2 aliphatic heterocycles. The van der Waals surface area contributed by atoms with Crippen LogP contribution in [0.15, 0.2) is 24.3 Å². The van der Waals surface area contributed by atoms with Gasteiger partial charge in [-0.3, -0.25) is 14.9 Å². The highest BCUT2D eigenvalue weighted by Gasteiger charge is 2.32. The number of aliphatic carboxylic acids is 1. The molecule has 0 bridgehead atoms. The second-order valence-corrected chi connectivity index (χ2v) is 6.20. The molecule has 1 fully saturated rings. The Morgan fingerprint density at radius 1 is 1.26 bits per heavy atom. The van der Waals surface area contributed by atoms with E-state index < -0.39 is 12.0 Å². The van der Waals surface area contributed by atoms with Gasteiger partial charge in [0.05, 0.1) is 6.04 Å². The number of carbonyl (C=O) groups is 2. The van der Waals surface area contributed by atoms with Crippen molar-refractivity contribution in [3.63, 3.8) is 0 Å². The van der Waals surface area contributed by atoms with Gasteiger partial charge in [0.25, 0.3) is 0 Å². The summed E-state index contributed by atoms with van der Waals surface area (Å²) in [4.78, 5) is 25.3. The summed E-state index contributed by atoms with van der Waals surface area (Å²) in [7, 11) is 0. The molecule has 6 heteroatoms. The molecule has 1 aromatic rings. The molecule has 6 nitrogen and oxygen atoms in total. The van der Waals surface area contributed by atoms with Crippen molar-refractivity contribution in [2.24, 2.45) is 0 Å². The van der Waals surface area contributed by atoms with Gasteiger partial charge in [-0.2, -0.15) is 0 Å². The molecule has 0 spiro atoms. The van der Waals surface area contributed by atoms with Gasteiger partial charge in [-0.05, 0) is 37.3 Å². The minimum atomic E-state index is -0.881. The zero-order valence-corrected chi connectivity index (χ0v) is 13.1. The number of nitrogens with zero attached hydrogens (tertiary/aromatic N) is 1. The first-order valence-corrected chi connectivity index (χ1v) is 8.24. The van der Waals surface area contributed by atoms with Crippen molar-refractivity contribution in [3.8, 4) is 0 Å². The van der Waals surface area contributed by atoms with E-state index in [0.29, 0.717) is 19.4 Å². The summed E-state index contributed by atoms with van der Waals surface area (Å²) in [5.41, 5.74) is 2.70. The van der Waals surface area contributed by atoms with Crippen LogP contribution in [0.5, 0.6) is 0 Å². The van der Waals surface area contributed by atoms with Crippen molar-refractivity contribution in [1.82, 2.24) is 10.6 Å². The van der Waals surface area contributed by atoms with Crippen LogP contribution in [-0.4, -0.2) is 48.7 Å². The standard InChI is InChI=1S/C17H23N3O3/c21-16(13-6-7-14(19-13)17(22)23)18-9-3-10-20-11-8-12-4-1-2-5-15(12)20/h1-2,4-5,13-14,19H,3,6-11H2,(H,18,21)(H,22,23)/t13-,14+/m1/s1. The van der Waals surface area contributed by atoms with Crippen molar-refractivity contribution in [2.45, 2.75) is 37.8 Å². The number of fused-ring (bicyclic) bond motifs is 1. The van der Waals surface area contributed by atoms with E-state index in [1.54, 1.807) is 0 Å². The molecule has 2 atom stereocenters. The van der Waals surface area contributed by atoms with Gasteiger partial charge >= 0.3 is 5.97 Å². The van der Waals surface area contributed by atoms with Gasteiger partial charge < -0.3 is 15.3 Å². The van der Waals surface area contributed by atoms with E-state index in [0.717, 1.165) is 25.9 Å². The van der Waals surface area contributed by atoms with E-state index in [1.165, 1.54) is 11.3 Å². The number of amides is 1. The highest BCUT2D eigenvalue weighted by Crippen LogP contribution is 2.27. The summed E-state index contributed by atoms with van der Waals surface area (Å²) in [6.07, 6.45) is 3.07. The quantitative estimate of drug-likeness (QED) is 0.675. The molecule has 0 aromatic heterocycles. The number of anilines is 1. The molecule has 1 aromatic carbocycles. The molecule has 0 saturated carbocycles. The molecular weight excluding hydrogens is 294 g/mol. The number of carboxylic acid groups (broad SMARTS) is 1. The highest BCUT2D eigenvalue weighted by molar-refractivity contribution is 5.84. The number of carboxylic acids is 1. The van der Waals surface area contributed by atoms with Crippen LogP contribution >= 0.6 is 0 Å². The van der Waals surface area contributed by atoms with Gasteiger partial charge in [-0.15, -0.1) is 0 Å². The number of benzene rings is 1. The summed E-state index contributed by atoms with van der Waals surface area (Å²) >= 11 is 0. The van der Waals surface area contributed by atoms with Crippen LogP contribution in [0.1, 0.15) is 24.8 Å². The van der Waals surface area contributed by atoms with Gasteiger partial charge in [-0.1, -0.05) is 18.2 Å². The third-order valence-electron chi connectivity index (χ3n) is 4.65. The molecule has 0 unspecified atom stereocenters. The Hall–Kier alpha value is -2.08. The number of carbonyl (C=O) groups excluding carboxylic acids is 1.